The average molecular weight is 295 g/mol. The van der Waals surface area contributed by atoms with Crippen molar-refractivity contribution < 1.29 is 13.2 Å². The maximum atomic E-state index is 12.6. The molecule has 0 atom stereocenters. The molecule has 0 radical (unpaired) electrons. The summed E-state index contributed by atoms with van der Waals surface area (Å²) in [5.41, 5.74) is 6.19. The fourth-order valence-electron chi connectivity index (χ4n) is 2.19. The normalized spacial score (nSPS) is 17.3. The number of nitrogen functional groups attached to an aromatic ring is 1. The molecule has 0 saturated carbocycles. The number of fused-ring (bicyclic) bond motifs is 1. The lowest BCUT2D eigenvalue weighted by molar-refractivity contribution is -0.122. The van der Waals surface area contributed by atoms with Crippen molar-refractivity contribution in [1.82, 2.24) is 19.0 Å². The van der Waals surface area contributed by atoms with Gasteiger partial charge in [-0.2, -0.15) is 4.31 Å². The molecule has 1 fully saturated rings. The van der Waals surface area contributed by atoms with Crippen LogP contribution in [0.25, 0.3) is 5.65 Å². The summed E-state index contributed by atoms with van der Waals surface area (Å²) < 4.78 is 27.8. The van der Waals surface area contributed by atoms with Gasteiger partial charge in [-0.1, -0.05) is 6.07 Å². The molecule has 3 heterocycles. The minimum atomic E-state index is -3.86. The zero-order valence-electron chi connectivity index (χ0n) is 10.5. The summed E-state index contributed by atoms with van der Waals surface area (Å²) in [6.07, 6.45) is 1.58. The number of nitrogens with two attached hydrogens (primary N) is 1. The molecule has 3 rings (SSSR count). The van der Waals surface area contributed by atoms with Gasteiger partial charge in [-0.25, -0.2) is 13.4 Å². The van der Waals surface area contributed by atoms with Crippen molar-refractivity contribution in [2.75, 3.05) is 25.4 Å². The van der Waals surface area contributed by atoms with E-state index in [0.717, 1.165) is 4.31 Å². The van der Waals surface area contributed by atoms with Crippen LogP contribution in [0.1, 0.15) is 0 Å². The maximum absolute atomic E-state index is 12.6. The summed E-state index contributed by atoms with van der Waals surface area (Å²) in [6, 6.07) is 5.10. The second kappa shape index (κ2) is 4.46. The standard InChI is InChI=1S/C11H13N5O3S/c12-10-11(16-5-2-1-3-8(16)14-10)20(18,19)15-6-4-13-9(17)7-15/h1-3,5H,4,6-7,12H2,(H,13,17). The van der Waals surface area contributed by atoms with Crippen LogP contribution in [0.3, 0.4) is 0 Å². The quantitative estimate of drug-likeness (QED) is 0.741. The van der Waals surface area contributed by atoms with Crippen LogP contribution in [0.5, 0.6) is 0 Å². The van der Waals surface area contributed by atoms with Crippen LogP contribution in [0.2, 0.25) is 0 Å². The zero-order valence-corrected chi connectivity index (χ0v) is 11.3. The van der Waals surface area contributed by atoms with Gasteiger partial charge in [0, 0.05) is 19.3 Å². The lowest BCUT2D eigenvalue weighted by atomic mass is 10.4. The summed E-state index contributed by atoms with van der Waals surface area (Å²) in [5, 5.41) is 2.49. The van der Waals surface area contributed by atoms with E-state index in [1.54, 1.807) is 24.4 Å². The summed E-state index contributed by atoms with van der Waals surface area (Å²) in [6.45, 7) is 0.296. The van der Waals surface area contributed by atoms with Crippen molar-refractivity contribution >= 4 is 27.4 Å². The Bertz CT molecular complexity index is 782. The number of nitrogens with zero attached hydrogens (tertiary/aromatic N) is 3. The van der Waals surface area contributed by atoms with Crippen LogP contribution < -0.4 is 11.1 Å². The Balaban J connectivity index is 2.14. The third-order valence-corrected chi connectivity index (χ3v) is 4.98. The molecule has 0 unspecified atom stereocenters. The molecular formula is C11H13N5O3S. The van der Waals surface area contributed by atoms with Crippen molar-refractivity contribution in [3.05, 3.63) is 24.4 Å². The molecule has 2 aromatic rings. The van der Waals surface area contributed by atoms with E-state index in [1.165, 1.54) is 4.40 Å². The summed E-state index contributed by atoms with van der Waals surface area (Å²) >= 11 is 0. The van der Waals surface area contributed by atoms with Crippen LogP contribution in [0.4, 0.5) is 5.82 Å². The third-order valence-electron chi connectivity index (χ3n) is 3.10. The Morgan fingerprint density at radius 3 is 2.90 bits per heavy atom. The van der Waals surface area contributed by atoms with Gasteiger partial charge in [0.25, 0.3) is 10.0 Å². The number of piperazine rings is 1. The second-order valence-electron chi connectivity index (χ2n) is 4.42. The number of hydrogen-bond donors (Lipinski definition) is 2. The van der Waals surface area contributed by atoms with Gasteiger partial charge in [-0.15, -0.1) is 0 Å². The highest BCUT2D eigenvalue weighted by atomic mass is 32.2. The predicted octanol–water partition coefficient (Wildman–Crippen LogP) is -0.963. The first-order valence-electron chi connectivity index (χ1n) is 5.99. The van der Waals surface area contributed by atoms with Crippen LogP contribution in [-0.4, -0.2) is 47.6 Å². The number of aromatic nitrogens is 2. The van der Waals surface area contributed by atoms with Crippen molar-refractivity contribution in [2.45, 2.75) is 5.03 Å². The summed E-state index contributed by atoms with van der Waals surface area (Å²) in [7, 11) is -3.86. The van der Waals surface area contributed by atoms with Crippen LogP contribution >= 0.6 is 0 Å². The van der Waals surface area contributed by atoms with Crippen molar-refractivity contribution in [3.63, 3.8) is 0 Å². The van der Waals surface area contributed by atoms with Gasteiger partial charge in [0.15, 0.2) is 10.8 Å². The molecule has 106 valence electrons. The molecule has 0 aromatic carbocycles. The molecule has 0 aliphatic carbocycles. The van der Waals surface area contributed by atoms with E-state index in [4.69, 9.17) is 5.73 Å². The Labute approximate surface area is 115 Å². The lowest BCUT2D eigenvalue weighted by Gasteiger charge is -2.25. The Morgan fingerprint density at radius 2 is 2.15 bits per heavy atom. The fraction of sp³-hybridized carbons (Fsp3) is 0.273. The molecule has 1 aliphatic heterocycles. The zero-order chi connectivity index (χ0) is 14.3. The van der Waals surface area contributed by atoms with E-state index in [-0.39, 0.29) is 36.4 Å². The minimum Gasteiger partial charge on any atom is -0.381 e. The Kier molecular flexibility index (Phi) is 2.87. The largest absolute Gasteiger partial charge is 0.381 e. The van der Waals surface area contributed by atoms with Crippen molar-refractivity contribution in [2.24, 2.45) is 0 Å². The molecular weight excluding hydrogens is 282 g/mol. The first-order chi connectivity index (χ1) is 9.50. The van der Waals surface area contributed by atoms with Gasteiger partial charge in [0.1, 0.15) is 5.65 Å². The SMILES string of the molecule is Nc1nc2ccccn2c1S(=O)(=O)N1CCNC(=O)C1. The molecule has 3 N–H and O–H groups in total. The van der Waals surface area contributed by atoms with Crippen LogP contribution in [0, 0.1) is 0 Å². The van der Waals surface area contributed by atoms with Gasteiger partial charge in [-0.05, 0) is 12.1 Å². The van der Waals surface area contributed by atoms with E-state index >= 15 is 0 Å². The van der Waals surface area contributed by atoms with Gasteiger partial charge in [0.2, 0.25) is 5.91 Å². The number of imidazole rings is 1. The second-order valence-corrected chi connectivity index (χ2v) is 6.27. The molecule has 2 aromatic heterocycles. The average Bonchev–Trinajstić information content (AvgIpc) is 2.75. The fourth-order valence-corrected chi connectivity index (χ4v) is 3.77. The molecule has 1 aliphatic rings. The minimum absolute atomic E-state index is 0.0674. The topological polar surface area (TPSA) is 110 Å². The van der Waals surface area contributed by atoms with E-state index in [2.05, 4.69) is 10.3 Å². The molecule has 1 amide bonds. The third kappa shape index (κ3) is 1.91. The molecule has 1 saturated heterocycles. The number of amides is 1. The number of hydrogen-bond acceptors (Lipinski definition) is 5. The molecule has 0 spiro atoms. The smallest absolute Gasteiger partial charge is 0.263 e. The number of anilines is 1. The number of pyridine rings is 1. The van der Waals surface area contributed by atoms with E-state index in [0.29, 0.717) is 5.65 Å². The maximum Gasteiger partial charge on any atom is 0.263 e. The number of nitrogens with one attached hydrogen (secondary N) is 1. The molecule has 9 heteroatoms. The summed E-state index contributed by atoms with van der Waals surface area (Å²) in [4.78, 5) is 15.4. The lowest BCUT2D eigenvalue weighted by Crippen LogP contribution is -2.50. The first kappa shape index (κ1) is 12.9. The van der Waals surface area contributed by atoms with Gasteiger partial charge in [-0.3, -0.25) is 9.20 Å². The highest BCUT2D eigenvalue weighted by Crippen LogP contribution is 2.23. The van der Waals surface area contributed by atoms with E-state index in [9.17, 15) is 13.2 Å². The highest BCUT2D eigenvalue weighted by Gasteiger charge is 2.33. The molecule has 20 heavy (non-hydrogen) atoms. The van der Waals surface area contributed by atoms with E-state index < -0.39 is 10.0 Å². The number of rotatable bonds is 2. The van der Waals surface area contributed by atoms with Crippen molar-refractivity contribution in [3.8, 4) is 0 Å². The number of sulfonamides is 1. The first-order valence-corrected chi connectivity index (χ1v) is 7.43. The Morgan fingerprint density at radius 1 is 1.35 bits per heavy atom. The molecule has 8 nitrogen and oxygen atoms in total. The number of carbonyl (C=O) groups excluding carboxylic acids is 1. The summed E-state index contributed by atoms with van der Waals surface area (Å²) in [5.74, 6) is -0.394. The Hall–Kier alpha value is -2.13. The van der Waals surface area contributed by atoms with Gasteiger partial charge < -0.3 is 11.1 Å². The van der Waals surface area contributed by atoms with Crippen molar-refractivity contribution in [1.29, 1.82) is 0 Å². The van der Waals surface area contributed by atoms with Gasteiger partial charge in [0.05, 0.1) is 6.54 Å². The predicted molar refractivity (Wildman–Crippen MR) is 71.4 cm³/mol. The van der Waals surface area contributed by atoms with Gasteiger partial charge >= 0.3 is 0 Å². The van der Waals surface area contributed by atoms with E-state index in [1.807, 2.05) is 0 Å². The molecule has 0 bridgehead atoms. The number of carbonyl (C=O) groups is 1. The highest BCUT2D eigenvalue weighted by molar-refractivity contribution is 7.89. The van der Waals surface area contributed by atoms with Crippen LogP contribution in [0.15, 0.2) is 29.4 Å². The van der Waals surface area contributed by atoms with Crippen LogP contribution in [-0.2, 0) is 14.8 Å². The monoisotopic (exact) mass is 295 g/mol.